The first-order valence-corrected chi connectivity index (χ1v) is 6.90. The van der Waals surface area contributed by atoms with Crippen LogP contribution in [0.25, 0.3) is 5.69 Å². The number of halogens is 1. The number of benzene rings is 1. The first-order valence-electron chi connectivity index (χ1n) is 6.47. The van der Waals surface area contributed by atoms with Crippen LogP contribution < -0.4 is 5.32 Å². The van der Waals surface area contributed by atoms with E-state index in [2.05, 4.69) is 10.4 Å². The van der Waals surface area contributed by atoms with E-state index >= 15 is 0 Å². The van der Waals surface area contributed by atoms with Gasteiger partial charge in [0.15, 0.2) is 0 Å². The number of nitrogens with zero attached hydrogens (tertiary/aromatic N) is 2. The van der Waals surface area contributed by atoms with Crippen molar-refractivity contribution in [3.05, 3.63) is 48.3 Å². The third-order valence-corrected chi connectivity index (χ3v) is 3.84. The topological polar surface area (TPSA) is 46.9 Å². The van der Waals surface area contributed by atoms with Gasteiger partial charge in [-0.05, 0) is 32.9 Å². The number of amides is 1. The average molecular weight is 292 g/mol. The van der Waals surface area contributed by atoms with E-state index in [9.17, 15) is 4.79 Å². The molecule has 0 saturated heterocycles. The van der Waals surface area contributed by atoms with Crippen molar-refractivity contribution in [2.75, 3.05) is 0 Å². The Morgan fingerprint density at radius 1 is 1.35 bits per heavy atom. The fraction of sp³-hybridized carbons (Fsp3) is 0.333. The number of aromatic nitrogens is 2. The van der Waals surface area contributed by atoms with Gasteiger partial charge in [-0.15, -0.1) is 11.6 Å². The minimum absolute atomic E-state index is 0.171. The SMILES string of the molecule is CC(Cl)C(C)(C)NC(=O)c1cnn(-c2ccccc2)c1. The summed E-state index contributed by atoms with van der Waals surface area (Å²) in [6.45, 7) is 5.64. The second-order valence-electron chi connectivity index (χ2n) is 5.30. The molecule has 20 heavy (non-hydrogen) atoms. The van der Waals surface area contributed by atoms with E-state index in [1.165, 1.54) is 0 Å². The first-order chi connectivity index (χ1) is 9.40. The predicted octanol–water partition coefficient (Wildman–Crippen LogP) is 3.01. The molecule has 0 radical (unpaired) electrons. The van der Waals surface area contributed by atoms with Gasteiger partial charge in [0.1, 0.15) is 0 Å². The van der Waals surface area contributed by atoms with E-state index in [1.807, 2.05) is 51.1 Å². The van der Waals surface area contributed by atoms with Crippen LogP contribution in [-0.4, -0.2) is 26.6 Å². The molecule has 1 amide bonds. The van der Waals surface area contributed by atoms with Gasteiger partial charge in [-0.1, -0.05) is 18.2 Å². The molecule has 1 heterocycles. The first kappa shape index (κ1) is 14.6. The Morgan fingerprint density at radius 3 is 2.60 bits per heavy atom. The van der Waals surface area contributed by atoms with Crippen molar-refractivity contribution in [3.63, 3.8) is 0 Å². The molecule has 5 heteroatoms. The van der Waals surface area contributed by atoms with Gasteiger partial charge >= 0.3 is 0 Å². The van der Waals surface area contributed by atoms with Crippen molar-refractivity contribution < 1.29 is 4.79 Å². The van der Waals surface area contributed by atoms with Crippen LogP contribution in [0.3, 0.4) is 0 Å². The van der Waals surface area contributed by atoms with E-state index < -0.39 is 5.54 Å². The smallest absolute Gasteiger partial charge is 0.254 e. The molecule has 0 spiro atoms. The number of alkyl halides is 1. The fourth-order valence-corrected chi connectivity index (χ4v) is 1.68. The van der Waals surface area contributed by atoms with Crippen molar-refractivity contribution in [3.8, 4) is 5.69 Å². The second kappa shape index (κ2) is 5.67. The molecule has 1 aromatic heterocycles. The van der Waals surface area contributed by atoms with Crippen molar-refractivity contribution in [2.45, 2.75) is 31.7 Å². The van der Waals surface area contributed by atoms with E-state index in [1.54, 1.807) is 17.1 Å². The lowest BCUT2D eigenvalue weighted by Gasteiger charge is -2.28. The van der Waals surface area contributed by atoms with E-state index in [0.717, 1.165) is 5.69 Å². The lowest BCUT2D eigenvalue weighted by Crippen LogP contribution is -2.48. The summed E-state index contributed by atoms with van der Waals surface area (Å²) in [7, 11) is 0. The Labute approximate surface area is 123 Å². The van der Waals surface area contributed by atoms with Gasteiger partial charge in [0.05, 0.1) is 28.4 Å². The summed E-state index contributed by atoms with van der Waals surface area (Å²) < 4.78 is 1.67. The molecule has 0 aliphatic carbocycles. The summed E-state index contributed by atoms with van der Waals surface area (Å²) in [5.74, 6) is -0.176. The minimum atomic E-state index is -0.479. The summed E-state index contributed by atoms with van der Waals surface area (Å²) in [6.07, 6.45) is 3.26. The Balaban J connectivity index is 2.15. The van der Waals surface area contributed by atoms with Crippen LogP contribution in [0.1, 0.15) is 31.1 Å². The van der Waals surface area contributed by atoms with Crippen LogP contribution in [0.4, 0.5) is 0 Å². The second-order valence-corrected chi connectivity index (χ2v) is 5.96. The quantitative estimate of drug-likeness (QED) is 0.880. The number of carbonyl (C=O) groups excluding carboxylic acids is 1. The van der Waals surface area contributed by atoms with Crippen LogP contribution in [0.2, 0.25) is 0 Å². The van der Waals surface area contributed by atoms with Gasteiger partial charge in [0, 0.05) is 6.20 Å². The molecule has 2 rings (SSSR count). The maximum atomic E-state index is 12.2. The summed E-state index contributed by atoms with van der Waals surface area (Å²) in [5.41, 5.74) is 0.948. The third kappa shape index (κ3) is 3.20. The molecular formula is C15H18ClN3O. The Morgan fingerprint density at radius 2 is 2.00 bits per heavy atom. The monoisotopic (exact) mass is 291 g/mol. The summed E-state index contributed by atoms with van der Waals surface area (Å²) in [4.78, 5) is 12.2. The summed E-state index contributed by atoms with van der Waals surface area (Å²) in [6, 6.07) is 9.65. The maximum absolute atomic E-state index is 12.2. The van der Waals surface area contributed by atoms with Crippen LogP contribution in [0.5, 0.6) is 0 Å². The number of rotatable bonds is 4. The van der Waals surface area contributed by atoms with Gasteiger partial charge in [-0.3, -0.25) is 4.79 Å². The van der Waals surface area contributed by atoms with Gasteiger partial charge in [-0.25, -0.2) is 4.68 Å². The van der Waals surface area contributed by atoms with Gasteiger partial charge in [0.2, 0.25) is 0 Å². The van der Waals surface area contributed by atoms with Crippen molar-refractivity contribution >= 4 is 17.5 Å². The van der Waals surface area contributed by atoms with Gasteiger partial charge in [0.25, 0.3) is 5.91 Å². The molecule has 1 atom stereocenters. The van der Waals surface area contributed by atoms with E-state index in [0.29, 0.717) is 5.56 Å². The largest absolute Gasteiger partial charge is 0.346 e. The lowest BCUT2D eigenvalue weighted by atomic mass is 10.0. The number of carbonyl (C=O) groups is 1. The molecule has 0 aliphatic rings. The number of para-hydroxylation sites is 1. The van der Waals surface area contributed by atoms with Crippen LogP contribution >= 0.6 is 11.6 Å². The third-order valence-electron chi connectivity index (χ3n) is 3.30. The number of nitrogens with one attached hydrogen (secondary N) is 1. The normalized spacial score (nSPS) is 13.0. The Kier molecular flexibility index (Phi) is 4.14. The highest BCUT2D eigenvalue weighted by atomic mass is 35.5. The predicted molar refractivity (Wildman–Crippen MR) is 80.4 cm³/mol. The number of hydrogen-bond donors (Lipinski definition) is 1. The highest BCUT2D eigenvalue weighted by molar-refractivity contribution is 6.21. The highest BCUT2D eigenvalue weighted by Crippen LogP contribution is 2.16. The van der Waals surface area contributed by atoms with Crippen molar-refractivity contribution in [1.29, 1.82) is 0 Å². The molecule has 0 bridgehead atoms. The Bertz CT molecular complexity index is 590. The molecule has 106 valence electrons. The molecular weight excluding hydrogens is 274 g/mol. The molecule has 1 unspecified atom stereocenters. The average Bonchev–Trinajstić information content (AvgIpc) is 2.88. The highest BCUT2D eigenvalue weighted by Gasteiger charge is 2.27. The lowest BCUT2D eigenvalue weighted by molar-refractivity contribution is 0.0912. The van der Waals surface area contributed by atoms with Crippen LogP contribution in [0.15, 0.2) is 42.7 Å². The van der Waals surface area contributed by atoms with Crippen LogP contribution in [0, 0.1) is 0 Å². The van der Waals surface area contributed by atoms with Gasteiger partial charge in [-0.2, -0.15) is 5.10 Å². The molecule has 0 fully saturated rings. The molecule has 0 saturated carbocycles. The van der Waals surface area contributed by atoms with Crippen molar-refractivity contribution in [2.24, 2.45) is 0 Å². The van der Waals surface area contributed by atoms with E-state index in [4.69, 9.17) is 11.6 Å². The van der Waals surface area contributed by atoms with Gasteiger partial charge < -0.3 is 5.32 Å². The Hall–Kier alpha value is -1.81. The molecule has 2 aromatic rings. The number of hydrogen-bond acceptors (Lipinski definition) is 2. The fourth-order valence-electron chi connectivity index (χ4n) is 1.63. The van der Waals surface area contributed by atoms with Crippen molar-refractivity contribution in [1.82, 2.24) is 15.1 Å². The molecule has 4 nitrogen and oxygen atoms in total. The standard InChI is InChI=1S/C15H18ClN3O/c1-11(16)15(2,3)18-14(20)12-9-17-19(10-12)13-7-5-4-6-8-13/h4-11H,1-3H3,(H,18,20). The zero-order chi connectivity index (χ0) is 14.8. The van der Waals surface area contributed by atoms with Crippen LogP contribution in [-0.2, 0) is 0 Å². The summed E-state index contributed by atoms with van der Waals surface area (Å²) in [5, 5.41) is 6.95. The van der Waals surface area contributed by atoms with E-state index in [-0.39, 0.29) is 11.3 Å². The molecule has 1 aromatic carbocycles. The molecule has 0 aliphatic heterocycles. The summed E-state index contributed by atoms with van der Waals surface area (Å²) >= 11 is 6.07. The zero-order valence-corrected chi connectivity index (χ0v) is 12.6. The molecule has 1 N–H and O–H groups in total. The zero-order valence-electron chi connectivity index (χ0n) is 11.8. The maximum Gasteiger partial charge on any atom is 0.254 e. The minimum Gasteiger partial charge on any atom is -0.346 e.